The molecule has 2 aromatic heterocycles. The predicted molar refractivity (Wildman–Crippen MR) is 73.3 cm³/mol. The lowest BCUT2D eigenvalue weighted by molar-refractivity contribution is 0.102. The molecule has 5 nitrogen and oxygen atoms in total. The van der Waals surface area contributed by atoms with E-state index in [1.165, 1.54) is 6.20 Å². The second kappa shape index (κ2) is 4.70. The summed E-state index contributed by atoms with van der Waals surface area (Å²) in [6.07, 6.45) is 3.05. The summed E-state index contributed by atoms with van der Waals surface area (Å²) in [6, 6.07) is 8.66. The van der Waals surface area contributed by atoms with Gasteiger partial charge in [-0.25, -0.2) is 9.97 Å². The SMILES string of the molecule is O=C(Nc1ccc2nc[nH]c2c1)c1ccc(Cl)nc1. The number of hydrogen-bond donors (Lipinski definition) is 2. The van der Waals surface area contributed by atoms with Crippen LogP contribution in [0.1, 0.15) is 10.4 Å². The maximum Gasteiger partial charge on any atom is 0.257 e. The second-order valence-electron chi connectivity index (χ2n) is 3.96. The number of amides is 1. The largest absolute Gasteiger partial charge is 0.345 e. The van der Waals surface area contributed by atoms with Gasteiger partial charge in [-0.3, -0.25) is 4.79 Å². The molecule has 3 aromatic rings. The van der Waals surface area contributed by atoms with Crippen molar-refractivity contribution in [2.75, 3.05) is 5.32 Å². The molecule has 1 aromatic carbocycles. The van der Waals surface area contributed by atoms with Crippen LogP contribution in [0.2, 0.25) is 5.15 Å². The van der Waals surface area contributed by atoms with Crippen molar-refractivity contribution in [3.63, 3.8) is 0 Å². The molecule has 0 aliphatic carbocycles. The Kier molecular flexibility index (Phi) is 2.89. The summed E-state index contributed by atoms with van der Waals surface area (Å²) >= 11 is 5.68. The molecule has 2 N–H and O–H groups in total. The number of nitrogens with one attached hydrogen (secondary N) is 2. The number of rotatable bonds is 2. The molecule has 0 fully saturated rings. The number of anilines is 1. The highest BCUT2D eigenvalue weighted by molar-refractivity contribution is 6.29. The summed E-state index contributed by atoms with van der Waals surface area (Å²) in [7, 11) is 0. The Hall–Kier alpha value is -2.40. The molecule has 1 amide bonds. The predicted octanol–water partition coefficient (Wildman–Crippen LogP) is 2.86. The highest BCUT2D eigenvalue weighted by Gasteiger charge is 2.07. The van der Waals surface area contributed by atoms with Gasteiger partial charge in [-0.05, 0) is 30.3 Å². The van der Waals surface area contributed by atoms with E-state index in [1.807, 2.05) is 12.1 Å². The van der Waals surface area contributed by atoms with E-state index in [2.05, 4.69) is 20.3 Å². The maximum atomic E-state index is 12.0. The van der Waals surface area contributed by atoms with Crippen molar-refractivity contribution in [2.45, 2.75) is 0 Å². The lowest BCUT2D eigenvalue weighted by Gasteiger charge is -2.04. The van der Waals surface area contributed by atoms with E-state index in [0.29, 0.717) is 16.4 Å². The van der Waals surface area contributed by atoms with Crippen LogP contribution in [0.15, 0.2) is 42.9 Å². The van der Waals surface area contributed by atoms with E-state index >= 15 is 0 Å². The van der Waals surface area contributed by atoms with Gasteiger partial charge in [0.2, 0.25) is 0 Å². The van der Waals surface area contributed by atoms with Gasteiger partial charge in [0.15, 0.2) is 0 Å². The van der Waals surface area contributed by atoms with Gasteiger partial charge < -0.3 is 10.3 Å². The lowest BCUT2D eigenvalue weighted by Crippen LogP contribution is -2.11. The average Bonchev–Trinajstić information content (AvgIpc) is 2.87. The third-order valence-corrected chi connectivity index (χ3v) is 2.89. The van der Waals surface area contributed by atoms with Crippen LogP contribution in [0.3, 0.4) is 0 Å². The first-order chi connectivity index (χ1) is 9.22. The molecule has 6 heteroatoms. The van der Waals surface area contributed by atoms with Crippen molar-refractivity contribution >= 4 is 34.2 Å². The molecule has 0 aliphatic heterocycles. The summed E-state index contributed by atoms with van der Waals surface area (Å²) in [5.41, 5.74) is 2.86. The van der Waals surface area contributed by atoms with Crippen molar-refractivity contribution in [1.29, 1.82) is 0 Å². The van der Waals surface area contributed by atoms with Crippen LogP contribution in [-0.2, 0) is 0 Å². The molecule has 2 heterocycles. The molecule has 94 valence electrons. The molecule has 0 radical (unpaired) electrons. The number of hydrogen-bond acceptors (Lipinski definition) is 3. The van der Waals surface area contributed by atoms with E-state index in [-0.39, 0.29) is 5.91 Å². The van der Waals surface area contributed by atoms with Crippen molar-refractivity contribution in [3.05, 3.63) is 53.6 Å². The monoisotopic (exact) mass is 272 g/mol. The van der Waals surface area contributed by atoms with Crippen molar-refractivity contribution in [2.24, 2.45) is 0 Å². The van der Waals surface area contributed by atoms with E-state index in [1.54, 1.807) is 24.5 Å². The zero-order valence-electron chi connectivity index (χ0n) is 9.72. The number of fused-ring (bicyclic) bond motifs is 1. The molecule has 3 rings (SSSR count). The number of aromatic amines is 1. The van der Waals surface area contributed by atoms with Crippen molar-refractivity contribution < 1.29 is 4.79 Å². The summed E-state index contributed by atoms with van der Waals surface area (Å²) in [5, 5.41) is 3.15. The molecule has 0 bridgehead atoms. The van der Waals surface area contributed by atoms with Gasteiger partial charge in [-0.15, -0.1) is 0 Å². The number of imidazole rings is 1. The Morgan fingerprint density at radius 1 is 1.21 bits per heavy atom. The lowest BCUT2D eigenvalue weighted by atomic mass is 10.2. The van der Waals surface area contributed by atoms with Gasteiger partial charge >= 0.3 is 0 Å². The average molecular weight is 273 g/mol. The van der Waals surface area contributed by atoms with Crippen LogP contribution < -0.4 is 5.32 Å². The third-order valence-electron chi connectivity index (χ3n) is 2.67. The molecule has 19 heavy (non-hydrogen) atoms. The van der Waals surface area contributed by atoms with Gasteiger partial charge in [0.05, 0.1) is 22.9 Å². The minimum Gasteiger partial charge on any atom is -0.345 e. The Morgan fingerprint density at radius 3 is 2.89 bits per heavy atom. The molecular formula is C13H9ClN4O. The number of aromatic nitrogens is 3. The second-order valence-corrected chi connectivity index (χ2v) is 4.35. The highest BCUT2D eigenvalue weighted by Crippen LogP contribution is 2.16. The van der Waals surface area contributed by atoms with Gasteiger partial charge in [0.25, 0.3) is 5.91 Å². The Labute approximate surface area is 113 Å². The minimum atomic E-state index is -0.233. The smallest absolute Gasteiger partial charge is 0.257 e. The summed E-state index contributed by atoms with van der Waals surface area (Å²) in [6.45, 7) is 0. The number of carbonyl (C=O) groups excluding carboxylic acids is 1. The van der Waals surface area contributed by atoms with Crippen LogP contribution >= 0.6 is 11.6 Å². The molecular weight excluding hydrogens is 264 g/mol. The zero-order chi connectivity index (χ0) is 13.2. The van der Waals surface area contributed by atoms with Gasteiger partial charge in [0.1, 0.15) is 5.15 Å². The number of carbonyl (C=O) groups is 1. The zero-order valence-corrected chi connectivity index (χ0v) is 10.5. The van der Waals surface area contributed by atoms with E-state index in [4.69, 9.17) is 11.6 Å². The Bertz CT molecular complexity index is 736. The highest BCUT2D eigenvalue weighted by atomic mass is 35.5. The molecule has 0 spiro atoms. The minimum absolute atomic E-state index is 0.233. The molecule has 0 saturated heterocycles. The molecule has 0 saturated carbocycles. The number of nitrogens with zero attached hydrogens (tertiary/aromatic N) is 2. The van der Waals surface area contributed by atoms with Crippen molar-refractivity contribution in [1.82, 2.24) is 15.0 Å². The quantitative estimate of drug-likeness (QED) is 0.705. The van der Waals surface area contributed by atoms with E-state index in [9.17, 15) is 4.79 Å². The molecule has 0 aliphatic rings. The fraction of sp³-hybridized carbons (Fsp3) is 0. The summed E-state index contributed by atoms with van der Waals surface area (Å²) < 4.78 is 0. The fourth-order valence-corrected chi connectivity index (χ4v) is 1.84. The summed E-state index contributed by atoms with van der Waals surface area (Å²) in [4.78, 5) is 23.0. The van der Waals surface area contributed by atoms with Crippen LogP contribution in [0.4, 0.5) is 5.69 Å². The van der Waals surface area contributed by atoms with Gasteiger partial charge in [-0.1, -0.05) is 11.6 Å². The van der Waals surface area contributed by atoms with Gasteiger partial charge in [-0.2, -0.15) is 0 Å². The molecule has 0 atom stereocenters. The van der Waals surface area contributed by atoms with E-state index in [0.717, 1.165) is 11.0 Å². The van der Waals surface area contributed by atoms with Crippen LogP contribution in [0, 0.1) is 0 Å². The Balaban J connectivity index is 1.83. The number of halogens is 1. The standard InChI is InChI=1S/C13H9ClN4O/c14-12-4-1-8(6-15-12)13(19)18-9-2-3-10-11(5-9)17-7-16-10/h1-7H,(H,16,17)(H,18,19). The van der Waals surface area contributed by atoms with Crippen LogP contribution in [0.5, 0.6) is 0 Å². The van der Waals surface area contributed by atoms with Crippen molar-refractivity contribution in [3.8, 4) is 0 Å². The van der Waals surface area contributed by atoms with Gasteiger partial charge in [0, 0.05) is 11.9 Å². The number of pyridine rings is 1. The normalized spacial score (nSPS) is 10.6. The first-order valence-electron chi connectivity index (χ1n) is 5.58. The third kappa shape index (κ3) is 2.41. The number of H-pyrrole nitrogens is 1. The topological polar surface area (TPSA) is 70.7 Å². The van der Waals surface area contributed by atoms with Crippen LogP contribution in [0.25, 0.3) is 11.0 Å². The maximum absolute atomic E-state index is 12.0. The first kappa shape index (κ1) is 11.7. The summed E-state index contributed by atoms with van der Waals surface area (Å²) in [5.74, 6) is -0.233. The fourth-order valence-electron chi connectivity index (χ4n) is 1.73. The number of benzene rings is 1. The Morgan fingerprint density at radius 2 is 2.11 bits per heavy atom. The van der Waals surface area contributed by atoms with Crippen LogP contribution in [-0.4, -0.2) is 20.9 Å². The first-order valence-corrected chi connectivity index (χ1v) is 5.96. The molecule has 0 unspecified atom stereocenters. The van der Waals surface area contributed by atoms with E-state index < -0.39 is 0 Å².